The van der Waals surface area contributed by atoms with Crippen LogP contribution in [0.3, 0.4) is 0 Å². The highest BCUT2D eigenvalue weighted by atomic mass is 16.5. The van der Waals surface area contributed by atoms with Gasteiger partial charge in [0.15, 0.2) is 0 Å². The molecule has 67 heavy (non-hydrogen) atoms. The maximum absolute atomic E-state index is 12.4. The van der Waals surface area contributed by atoms with Gasteiger partial charge in [-0.1, -0.05) is 256 Å². The molecule has 394 valence electrons. The Labute approximate surface area is 417 Å². The molecule has 0 heterocycles. The number of carbonyl (C=O) groups is 2. The third kappa shape index (κ3) is 53.3. The molecule has 0 rings (SSSR count). The molecule has 0 radical (unpaired) electrons. The van der Waals surface area contributed by atoms with E-state index in [1.165, 1.54) is 244 Å². The molecule has 3 N–H and O–H groups in total. The maximum atomic E-state index is 12.4. The highest BCUT2D eigenvalue weighted by Crippen LogP contribution is 2.16. The fourth-order valence-corrected chi connectivity index (χ4v) is 9.03. The van der Waals surface area contributed by atoms with Crippen LogP contribution in [0.2, 0.25) is 0 Å². The second-order valence-electron chi connectivity index (χ2n) is 20.3. The van der Waals surface area contributed by atoms with Crippen molar-refractivity contribution in [1.29, 1.82) is 0 Å². The number of nitrogens with one attached hydrogen (secondary N) is 1. The molecule has 0 aromatic heterocycles. The van der Waals surface area contributed by atoms with Crippen molar-refractivity contribution in [3.8, 4) is 0 Å². The molecule has 0 aliphatic rings. The molecular weight excluding hydrogens is 827 g/mol. The summed E-state index contributed by atoms with van der Waals surface area (Å²) in [5.74, 6) is -0.0669. The molecule has 0 bridgehead atoms. The molecule has 2 unspecified atom stereocenters. The molecule has 0 saturated carbocycles. The first-order valence-electron chi connectivity index (χ1n) is 29.8. The SMILES string of the molecule is CCCCC/C=C\CCCCCCCC(=O)OCCCCCCCCCCCCCC/C=C\CCCCCCCCCCCCC(=O)NC(CO)C(O)/C=C/CCCCCCCCCCCC. The van der Waals surface area contributed by atoms with Crippen LogP contribution in [0.1, 0.15) is 316 Å². The second-order valence-corrected chi connectivity index (χ2v) is 20.3. The summed E-state index contributed by atoms with van der Waals surface area (Å²) < 4.78 is 5.46. The smallest absolute Gasteiger partial charge is 0.305 e. The number of amides is 1. The van der Waals surface area contributed by atoms with E-state index in [1.54, 1.807) is 6.08 Å². The molecule has 0 aliphatic carbocycles. The summed E-state index contributed by atoms with van der Waals surface area (Å²) >= 11 is 0. The Balaban J connectivity index is 3.40. The number of rotatable bonds is 55. The summed E-state index contributed by atoms with van der Waals surface area (Å²) in [6.45, 7) is 4.87. The molecule has 0 saturated heterocycles. The number of esters is 1. The van der Waals surface area contributed by atoms with E-state index in [2.05, 4.69) is 43.5 Å². The topological polar surface area (TPSA) is 95.9 Å². The summed E-state index contributed by atoms with van der Waals surface area (Å²) in [6.07, 6.45) is 70.4. The van der Waals surface area contributed by atoms with Gasteiger partial charge < -0.3 is 20.3 Å². The van der Waals surface area contributed by atoms with Crippen LogP contribution in [0, 0.1) is 0 Å². The first-order valence-corrected chi connectivity index (χ1v) is 29.8. The minimum Gasteiger partial charge on any atom is -0.466 e. The molecule has 0 spiro atoms. The fraction of sp³-hybridized carbons (Fsp3) is 0.869. The monoisotopic (exact) mass is 942 g/mol. The predicted octanol–water partition coefficient (Wildman–Crippen LogP) is 18.4. The Morgan fingerprint density at radius 1 is 0.403 bits per heavy atom. The van der Waals surface area contributed by atoms with Crippen molar-refractivity contribution in [1.82, 2.24) is 5.32 Å². The van der Waals surface area contributed by atoms with Gasteiger partial charge >= 0.3 is 5.97 Å². The Bertz CT molecular complexity index is 1090. The highest BCUT2D eigenvalue weighted by Gasteiger charge is 2.18. The van der Waals surface area contributed by atoms with Gasteiger partial charge in [-0.3, -0.25) is 9.59 Å². The molecular formula is C61H115NO5. The molecule has 1 amide bonds. The fourth-order valence-electron chi connectivity index (χ4n) is 9.03. The Kier molecular flexibility index (Phi) is 55.0. The van der Waals surface area contributed by atoms with E-state index in [1.807, 2.05) is 6.08 Å². The van der Waals surface area contributed by atoms with Gasteiger partial charge in [-0.25, -0.2) is 0 Å². The highest BCUT2D eigenvalue weighted by molar-refractivity contribution is 5.76. The number of allylic oxidation sites excluding steroid dienone is 5. The van der Waals surface area contributed by atoms with Crippen LogP contribution in [0.25, 0.3) is 0 Å². The Hall–Kier alpha value is -1.92. The first-order chi connectivity index (χ1) is 33.0. The van der Waals surface area contributed by atoms with Gasteiger partial charge in [0.1, 0.15) is 0 Å². The van der Waals surface area contributed by atoms with Crippen molar-refractivity contribution in [3.63, 3.8) is 0 Å². The molecule has 0 fully saturated rings. The lowest BCUT2D eigenvalue weighted by Crippen LogP contribution is -2.45. The number of unbranched alkanes of at least 4 members (excludes halogenated alkanes) is 40. The number of aliphatic hydroxyl groups is 2. The zero-order valence-electron chi connectivity index (χ0n) is 44.9. The van der Waals surface area contributed by atoms with E-state index in [4.69, 9.17) is 4.74 Å². The molecule has 2 atom stereocenters. The Morgan fingerprint density at radius 2 is 0.701 bits per heavy atom. The lowest BCUT2D eigenvalue weighted by Gasteiger charge is -2.20. The van der Waals surface area contributed by atoms with Crippen molar-refractivity contribution in [2.45, 2.75) is 328 Å². The van der Waals surface area contributed by atoms with Crippen LogP contribution in [0.4, 0.5) is 0 Å². The summed E-state index contributed by atoms with van der Waals surface area (Å²) in [7, 11) is 0. The minimum atomic E-state index is -0.844. The van der Waals surface area contributed by atoms with Gasteiger partial charge in [0.25, 0.3) is 0 Å². The average Bonchev–Trinajstić information content (AvgIpc) is 3.33. The average molecular weight is 943 g/mol. The van der Waals surface area contributed by atoms with Crippen molar-refractivity contribution < 1.29 is 24.5 Å². The van der Waals surface area contributed by atoms with E-state index >= 15 is 0 Å². The van der Waals surface area contributed by atoms with Gasteiger partial charge in [-0.2, -0.15) is 0 Å². The quantitative estimate of drug-likeness (QED) is 0.0321. The van der Waals surface area contributed by atoms with Crippen molar-refractivity contribution in [3.05, 3.63) is 36.5 Å². The summed E-state index contributed by atoms with van der Waals surface area (Å²) in [6, 6.07) is -0.628. The number of hydrogen-bond donors (Lipinski definition) is 3. The van der Waals surface area contributed by atoms with E-state index in [0.717, 1.165) is 44.9 Å². The molecule has 6 nitrogen and oxygen atoms in total. The first kappa shape index (κ1) is 65.1. The van der Waals surface area contributed by atoms with Crippen LogP contribution in [0.15, 0.2) is 36.5 Å². The van der Waals surface area contributed by atoms with Crippen molar-refractivity contribution in [2.24, 2.45) is 0 Å². The van der Waals surface area contributed by atoms with E-state index in [9.17, 15) is 19.8 Å². The number of hydrogen-bond acceptors (Lipinski definition) is 5. The van der Waals surface area contributed by atoms with Crippen LogP contribution >= 0.6 is 0 Å². The third-order valence-corrected chi connectivity index (χ3v) is 13.6. The minimum absolute atomic E-state index is 0.00345. The lowest BCUT2D eigenvalue weighted by molar-refractivity contribution is -0.143. The van der Waals surface area contributed by atoms with Gasteiger partial charge in [0.05, 0.1) is 25.4 Å². The lowest BCUT2D eigenvalue weighted by atomic mass is 10.0. The predicted molar refractivity (Wildman–Crippen MR) is 292 cm³/mol. The van der Waals surface area contributed by atoms with Gasteiger partial charge in [0, 0.05) is 12.8 Å². The second kappa shape index (κ2) is 56.7. The number of ether oxygens (including phenoxy) is 1. The molecule has 0 aliphatic heterocycles. The van der Waals surface area contributed by atoms with E-state index < -0.39 is 12.1 Å². The van der Waals surface area contributed by atoms with Crippen LogP contribution < -0.4 is 5.32 Å². The number of aliphatic hydroxyl groups excluding tert-OH is 2. The number of carbonyl (C=O) groups excluding carboxylic acids is 2. The zero-order chi connectivity index (χ0) is 48.6. The molecule has 6 heteroatoms. The van der Waals surface area contributed by atoms with Crippen LogP contribution in [0.5, 0.6) is 0 Å². The van der Waals surface area contributed by atoms with Crippen LogP contribution in [-0.2, 0) is 14.3 Å². The van der Waals surface area contributed by atoms with E-state index in [-0.39, 0.29) is 18.5 Å². The largest absolute Gasteiger partial charge is 0.466 e. The van der Waals surface area contributed by atoms with Crippen molar-refractivity contribution >= 4 is 11.9 Å². The van der Waals surface area contributed by atoms with Gasteiger partial charge in [0.2, 0.25) is 5.91 Å². The maximum Gasteiger partial charge on any atom is 0.305 e. The molecule has 0 aromatic carbocycles. The van der Waals surface area contributed by atoms with Crippen LogP contribution in [-0.4, -0.2) is 47.4 Å². The van der Waals surface area contributed by atoms with Gasteiger partial charge in [-0.05, 0) is 83.5 Å². The molecule has 0 aromatic rings. The summed E-state index contributed by atoms with van der Waals surface area (Å²) in [5, 5.41) is 23.0. The summed E-state index contributed by atoms with van der Waals surface area (Å²) in [4.78, 5) is 24.4. The zero-order valence-corrected chi connectivity index (χ0v) is 44.9. The summed E-state index contributed by atoms with van der Waals surface area (Å²) in [5.41, 5.74) is 0. The Morgan fingerprint density at radius 3 is 1.09 bits per heavy atom. The van der Waals surface area contributed by atoms with Crippen molar-refractivity contribution in [2.75, 3.05) is 13.2 Å². The normalized spacial score (nSPS) is 12.8. The third-order valence-electron chi connectivity index (χ3n) is 13.6. The van der Waals surface area contributed by atoms with Gasteiger partial charge in [-0.15, -0.1) is 0 Å². The standard InChI is InChI=1S/C61H115NO5/c1-3-5-7-9-11-13-15-33-37-41-45-49-53-59(64)58(57-63)62-60(65)54-50-46-42-38-34-31-29-27-25-23-21-19-17-18-20-22-24-26-28-30-32-36-40-44-48-52-56-67-61(66)55-51-47-43-39-35-16-14-12-10-8-6-4-2/h12,14,17,19,49,53,58-59,63-64H,3-11,13,15-16,18,20-48,50-52,54-57H2,1-2H3,(H,62,65)/b14-12-,19-17-,53-49+. The van der Waals surface area contributed by atoms with E-state index in [0.29, 0.717) is 19.4 Å².